The average molecular weight is 178 g/mol. The summed E-state index contributed by atoms with van der Waals surface area (Å²) in [5.74, 6) is -6.05. The third-order valence-corrected chi connectivity index (χ3v) is 1.09. The molecule has 0 atom stereocenters. The first-order valence-corrected chi connectivity index (χ1v) is 2.56. The molecule has 1 saturated heterocycles. The van der Waals surface area contributed by atoms with Crippen LogP contribution in [0.3, 0.4) is 0 Å². The van der Waals surface area contributed by atoms with E-state index in [1.807, 2.05) is 0 Å². The lowest BCUT2D eigenvalue weighted by Gasteiger charge is -2.22. The molecule has 1 rings (SSSR count). The van der Waals surface area contributed by atoms with E-state index in [4.69, 9.17) is 10.2 Å². The maximum Gasteiger partial charge on any atom is 0.328 e. The summed E-state index contributed by atoms with van der Waals surface area (Å²) in [6.45, 7) is 0. The molecule has 0 aromatic rings. The van der Waals surface area contributed by atoms with Gasteiger partial charge in [-0.1, -0.05) is 0 Å². The Morgan fingerprint density at radius 2 is 1.33 bits per heavy atom. The van der Waals surface area contributed by atoms with Gasteiger partial charge in [0, 0.05) is 0 Å². The molecule has 0 spiro atoms. The molecule has 1 fully saturated rings. The smallest absolute Gasteiger partial charge is 0.328 e. The first-order valence-electron chi connectivity index (χ1n) is 2.56. The summed E-state index contributed by atoms with van der Waals surface area (Å²) < 4.78 is 0. The van der Waals surface area contributed by atoms with Crippen molar-refractivity contribution in [1.82, 2.24) is 10.6 Å². The molecule has 8 nitrogen and oxygen atoms in total. The van der Waals surface area contributed by atoms with Gasteiger partial charge in [0.25, 0.3) is 11.8 Å². The molecule has 6 N–H and O–H groups in total. The van der Waals surface area contributed by atoms with Crippen LogP contribution in [0, 0.1) is 0 Å². The van der Waals surface area contributed by atoms with Crippen molar-refractivity contribution in [2.45, 2.75) is 5.79 Å². The Morgan fingerprint density at radius 1 is 1.00 bits per heavy atom. The summed E-state index contributed by atoms with van der Waals surface area (Å²) in [6.07, 6.45) is 0. The van der Waals surface area contributed by atoms with Gasteiger partial charge in [0.1, 0.15) is 0 Å². The van der Waals surface area contributed by atoms with Gasteiger partial charge in [-0.15, -0.1) is 0 Å². The van der Waals surface area contributed by atoms with Crippen molar-refractivity contribution in [3.8, 4) is 0 Å². The molecule has 1 heterocycles. The number of carbonyl (C=O) groups excluding carboxylic acids is 3. The van der Waals surface area contributed by atoms with E-state index in [2.05, 4.69) is 0 Å². The molecule has 1 aliphatic heterocycles. The van der Waals surface area contributed by atoms with Gasteiger partial charge in [-0.3, -0.25) is 20.2 Å². The summed E-state index contributed by atoms with van der Waals surface area (Å²) in [6, 6.07) is -1.07. The summed E-state index contributed by atoms with van der Waals surface area (Å²) >= 11 is 0. The number of rotatable bonds is 0. The molecular weight excluding hydrogens is 172 g/mol. The first-order chi connectivity index (χ1) is 4.94. The van der Waals surface area contributed by atoms with Crippen molar-refractivity contribution in [3.63, 3.8) is 0 Å². The van der Waals surface area contributed by atoms with Gasteiger partial charge in [0.05, 0.1) is 0 Å². The Labute approximate surface area is 65.5 Å². The number of imide groups is 2. The van der Waals surface area contributed by atoms with Gasteiger partial charge in [-0.2, -0.15) is 0 Å². The molecule has 12 heavy (non-hydrogen) atoms. The summed E-state index contributed by atoms with van der Waals surface area (Å²) in [4.78, 5) is 31.2. The molecule has 0 radical (unpaired) electrons. The zero-order valence-corrected chi connectivity index (χ0v) is 5.62. The minimum Gasteiger partial charge on any atom is -0.412 e. The molecule has 8 heteroatoms. The highest BCUT2D eigenvalue weighted by Gasteiger charge is 2.47. The average Bonchev–Trinajstić information content (AvgIpc) is 1.84. The molecular formula is C4H6N2O6. The summed E-state index contributed by atoms with van der Waals surface area (Å²) in [7, 11) is 0. The highest BCUT2D eigenvalue weighted by atomic mass is 16.5. The Bertz CT molecular complexity index is 224. The SMILES string of the molecule is O.O=C1NC(=O)C(O)(O)C(=O)N1. The van der Waals surface area contributed by atoms with Crippen LogP contribution in [-0.4, -0.2) is 39.3 Å². The van der Waals surface area contributed by atoms with Crippen molar-refractivity contribution >= 4 is 17.8 Å². The number of barbiturate groups is 1. The van der Waals surface area contributed by atoms with Crippen molar-refractivity contribution in [3.05, 3.63) is 0 Å². The maximum atomic E-state index is 10.4. The van der Waals surface area contributed by atoms with Gasteiger partial charge in [-0.25, -0.2) is 4.79 Å². The largest absolute Gasteiger partial charge is 0.412 e. The highest BCUT2D eigenvalue weighted by Crippen LogP contribution is 2.02. The quantitative estimate of drug-likeness (QED) is 0.222. The highest BCUT2D eigenvalue weighted by molar-refractivity contribution is 6.19. The summed E-state index contributed by atoms with van der Waals surface area (Å²) in [5, 5.41) is 20.2. The van der Waals surface area contributed by atoms with E-state index in [1.165, 1.54) is 10.6 Å². The Morgan fingerprint density at radius 3 is 1.67 bits per heavy atom. The normalized spacial score (nSPS) is 20.7. The molecule has 0 aromatic heterocycles. The molecule has 1 aliphatic rings. The van der Waals surface area contributed by atoms with Crippen LogP contribution in [0.2, 0.25) is 0 Å². The van der Waals surface area contributed by atoms with Crippen molar-refractivity contribution in [2.24, 2.45) is 0 Å². The van der Waals surface area contributed by atoms with Crippen LogP contribution in [0.1, 0.15) is 0 Å². The van der Waals surface area contributed by atoms with Crippen molar-refractivity contribution < 1.29 is 30.1 Å². The van der Waals surface area contributed by atoms with Crippen LogP contribution in [0.25, 0.3) is 0 Å². The lowest BCUT2D eigenvalue weighted by Crippen LogP contribution is -2.66. The van der Waals surface area contributed by atoms with E-state index in [0.717, 1.165) is 0 Å². The first kappa shape index (κ1) is 10.5. The molecule has 0 bridgehead atoms. The third kappa shape index (κ3) is 1.39. The molecule has 0 aromatic carbocycles. The molecule has 4 amide bonds. The van der Waals surface area contributed by atoms with Gasteiger partial charge < -0.3 is 15.7 Å². The third-order valence-electron chi connectivity index (χ3n) is 1.09. The van der Waals surface area contributed by atoms with Crippen LogP contribution in [0.4, 0.5) is 4.79 Å². The second-order valence-electron chi connectivity index (χ2n) is 1.91. The van der Waals surface area contributed by atoms with Crippen LogP contribution in [0.5, 0.6) is 0 Å². The summed E-state index contributed by atoms with van der Waals surface area (Å²) in [5.41, 5.74) is 0. The lowest BCUT2D eigenvalue weighted by atomic mass is 10.2. The molecule has 0 aliphatic carbocycles. The number of urea groups is 1. The van der Waals surface area contributed by atoms with Gasteiger partial charge >= 0.3 is 11.8 Å². The Balaban J connectivity index is 0.00000121. The monoisotopic (exact) mass is 178 g/mol. The minimum atomic E-state index is -3.14. The number of hydrogen-bond acceptors (Lipinski definition) is 5. The standard InChI is InChI=1S/C4H4N2O5.H2O/c7-1-4(10,11)2(8)6-3(9)5-1;/h10-11H,(H2,5,6,7,8,9);1H2. The lowest BCUT2D eigenvalue weighted by molar-refractivity contribution is -0.193. The zero-order chi connectivity index (χ0) is 8.65. The van der Waals surface area contributed by atoms with E-state index >= 15 is 0 Å². The number of hydrogen-bond donors (Lipinski definition) is 4. The van der Waals surface area contributed by atoms with Crippen molar-refractivity contribution in [2.75, 3.05) is 0 Å². The zero-order valence-electron chi connectivity index (χ0n) is 5.62. The predicted octanol–water partition coefficient (Wildman–Crippen LogP) is -3.79. The predicted molar refractivity (Wildman–Crippen MR) is 32.5 cm³/mol. The molecule has 0 saturated carbocycles. The van der Waals surface area contributed by atoms with E-state index in [9.17, 15) is 14.4 Å². The number of amides is 4. The van der Waals surface area contributed by atoms with E-state index in [-0.39, 0.29) is 5.48 Å². The fraction of sp³-hybridized carbons (Fsp3) is 0.250. The Kier molecular flexibility index (Phi) is 2.49. The van der Waals surface area contributed by atoms with Crippen LogP contribution in [0.15, 0.2) is 0 Å². The minimum absolute atomic E-state index is 0. The second kappa shape index (κ2) is 2.85. The second-order valence-corrected chi connectivity index (χ2v) is 1.91. The van der Waals surface area contributed by atoms with E-state index < -0.39 is 23.6 Å². The Hall–Kier alpha value is -1.51. The fourth-order valence-corrected chi connectivity index (χ4v) is 0.515. The van der Waals surface area contributed by atoms with Crippen LogP contribution >= 0.6 is 0 Å². The van der Waals surface area contributed by atoms with Gasteiger partial charge in [-0.05, 0) is 0 Å². The van der Waals surface area contributed by atoms with Crippen LogP contribution in [-0.2, 0) is 9.59 Å². The topological polar surface area (TPSA) is 147 Å². The van der Waals surface area contributed by atoms with Gasteiger partial charge in [0.2, 0.25) is 0 Å². The number of aliphatic hydroxyl groups is 2. The number of nitrogens with one attached hydrogen (secondary N) is 2. The maximum absolute atomic E-state index is 10.4. The van der Waals surface area contributed by atoms with Crippen LogP contribution < -0.4 is 10.6 Å². The fourth-order valence-electron chi connectivity index (χ4n) is 0.515. The molecule has 0 unspecified atom stereocenters. The van der Waals surface area contributed by atoms with E-state index in [1.54, 1.807) is 0 Å². The molecule has 68 valence electrons. The van der Waals surface area contributed by atoms with Crippen molar-refractivity contribution in [1.29, 1.82) is 0 Å². The van der Waals surface area contributed by atoms with Gasteiger partial charge in [0.15, 0.2) is 0 Å². The number of carbonyl (C=O) groups is 3. The van der Waals surface area contributed by atoms with E-state index in [0.29, 0.717) is 0 Å².